The van der Waals surface area contributed by atoms with Gasteiger partial charge < -0.3 is 15.7 Å². The number of anilines is 1. The molecule has 1 rings (SSSR count). The van der Waals surface area contributed by atoms with Crippen LogP contribution in [-0.4, -0.2) is 43.6 Å². The Kier molecular flexibility index (Phi) is 7.53. The zero-order chi connectivity index (χ0) is 20.9. The van der Waals surface area contributed by atoms with E-state index in [-0.39, 0.29) is 40.3 Å². The average Bonchev–Trinajstić information content (AvgIpc) is 2.50. The fourth-order valence-electron chi connectivity index (χ4n) is 2.37. The Labute approximate surface area is 159 Å². The maximum Gasteiger partial charge on any atom is 0.335 e. The van der Waals surface area contributed by atoms with E-state index in [9.17, 15) is 22.8 Å². The zero-order valence-electron chi connectivity index (χ0n) is 16.1. The van der Waals surface area contributed by atoms with Crippen LogP contribution in [0.1, 0.15) is 44.5 Å². The van der Waals surface area contributed by atoms with Crippen molar-refractivity contribution in [1.29, 1.82) is 0 Å². The van der Waals surface area contributed by atoms with Crippen molar-refractivity contribution in [1.82, 2.24) is 5.32 Å². The minimum Gasteiger partial charge on any atom is -0.478 e. The number of amides is 2. The predicted molar refractivity (Wildman–Crippen MR) is 101 cm³/mol. The van der Waals surface area contributed by atoms with Gasteiger partial charge in [0.25, 0.3) is 0 Å². The Bertz CT molecular complexity index is 830. The van der Waals surface area contributed by atoms with Crippen molar-refractivity contribution in [3.8, 4) is 0 Å². The first-order valence-electron chi connectivity index (χ1n) is 8.50. The molecule has 0 heterocycles. The lowest BCUT2D eigenvalue weighted by atomic mass is 10.0. The lowest BCUT2D eigenvalue weighted by molar-refractivity contribution is -0.127. The van der Waals surface area contributed by atoms with Crippen LogP contribution in [0.4, 0.5) is 5.69 Å². The highest BCUT2D eigenvalue weighted by atomic mass is 32.2. The highest BCUT2D eigenvalue weighted by Gasteiger charge is 2.25. The number of aromatic carboxylic acids is 1. The van der Waals surface area contributed by atoms with Gasteiger partial charge in [0, 0.05) is 18.4 Å². The molecule has 1 unspecified atom stereocenters. The van der Waals surface area contributed by atoms with Crippen LogP contribution in [0.2, 0.25) is 0 Å². The number of carbonyl (C=O) groups excluding carboxylic acids is 2. The molecule has 3 N–H and O–H groups in total. The van der Waals surface area contributed by atoms with Gasteiger partial charge in [-0.1, -0.05) is 27.7 Å². The van der Waals surface area contributed by atoms with Gasteiger partial charge in [0.05, 0.1) is 10.5 Å². The van der Waals surface area contributed by atoms with Crippen molar-refractivity contribution < 1.29 is 27.9 Å². The Morgan fingerprint density at radius 2 is 1.67 bits per heavy atom. The number of hydrogen-bond acceptors (Lipinski definition) is 5. The summed E-state index contributed by atoms with van der Waals surface area (Å²) in [6, 6.07) is 2.54. The predicted octanol–water partition coefficient (Wildman–Crippen LogP) is 1.91. The lowest BCUT2D eigenvalue weighted by Crippen LogP contribution is -2.47. The highest BCUT2D eigenvalue weighted by Crippen LogP contribution is 2.20. The third-order valence-electron chi connectivity index (χ3n) is 3.71. The van der Waals surface area contributed by atoms with Crippen LogP contribution < -0.4 is 10.6 Å². The molecule has 9 heteroatoms. The highest BCUT2D eigenvalue weighted by molar-refractivity contribution is 7.90. The van der Waals surface area contributed by atoms with E-state index in [1.54, 1.807) is 13.8 Å². The molecule has 27 heavy (non-hydrogen) atoms. The molecule has 0 aliphatic rings. The molecule has 0 aliphatic heterocycles. The molecule has 2 amide bonds. The maximum absolute atomic E-state index is 12.6. The van der Waals surface area contributed by atoms with Gasteiger partial charge >= 0.3 is 5.97 Å². The Morgan fingerprint density at radius 1 is 1.07 bits per heavy atom. The number of nitrogens with one attached hydrogen (secondary N) is 2. The van der Waals surface area contributed by atoms with Crippen LogP contribution in [0.15, 0.2) is 23.1 Å². The summed E-state index contributed by atoms with van der Waals surface area (Å²) in [6.45, 7) is 7.29. The number of carboxylic acids is 1. The molecule has 0 saturated carbocycles. The van der Waals surface area contributed by atoms with Gasteiger partial charge in [0.15, 0.2) is 9.84 Å². The first-order valence-corrected chi connectivity index (χ1v) is 10.4. The summed E-state index contributed by atoms with van der Waals surface area (Å²) in [5, 5.41) is 14.3. The second-order valence-electron chi connectivity index (χ2n) is 7.20. The van der Waals surface area contributed by atoms with Gasteiger partial charge in [0.1, 0.15) is 6.04 Å². The Balaban J connectivity index is 3.13. The van der Waals surface area contributed by atoms with Crippen molar-refractivity contribution in [2.75, 3.05) is 11.6 Å². The van der Waals surface area contributed by atoms with Gasteiger partial charge in [-0.05, 0) is 30.0 Å². The molecule has 1 aromatic carbocycles. The van der Waals surface area contributed by atoms with Crippen molar-refractivity contribution >= 4 is 33.3 Å². The first-order chi connectivity index (χ1) is 12.3. The number of rotatable bonds is 8. The third kappa shape index (κ3) is 7.01. The van der Waals surface area contributed by atoms with E-state index in [4.69, 9.17) is 5.11 Å². The van der Waals surface area contributed by atoms with Crippen LogP contribution in [-0.2, 0) is 19.4 Å². The van der Waals surface area contributed by atoms with E-state index in [0.29, 0.717) is 0 Å². The van der Waals surface area contributed by atoms with E-state index < -0.39 is 27.8 Å². The minimum absolute atomic E-state index is 0.0316. The van der Waals surface area contributed by atoms with Crippen LogP contribution in [0, 0.1) is 11.8 Å². The Morgan fingerprint density at radius 3 is 2.11 bits per heavy atom. The fourth-order valence-corrected chi connectivity index (χ4v) is 3.05. The van der Waals surface area contributed by atoms with E-state index in [1.165, 1.54) is 12.1 Å². The molecule has 0 fully saturated rings. The van der Waals surface area contributed by atoms with Crippen LogP contribution >= 0.6 is 0 Å². The van der Waals surface area contributed by atoms with Gasteiger partial charge in [-0.2, -0.15) is 0 Å². The summed E-state index contributed by atoms with van der Waals surface area (Å²) in [5.41, 5.74) is -0.234. The number of benzene rings is 1. The van der Waals surface area contributed by atoms with Gasteiger partial charge in [-0.25, -0.2) is 13.2 Å². The SMILES string of the molecule is CC(C)CC(=O)NC(C(=O)Nc1cc(C(=O)O)cc(S(C)(=O)=O)c1)C(C)C. The molecule has 0 spiro atoms. The molecular weight excluding hydrogens is 372 g/mol. The second kappa shape index (κ2) is 8.98. The van der Waals surface area contributed by atoms with E-state index in [1.807, 2.05) is 13.8 Å². The fraction of sp³-hybridized carbons (Fsp3) is 0.500. The monoisotopic (exact) mass is 398 g/mol. The summed E-state index contributed by atoms with van der Waals surface area (Å²) in [4.78, 5) is 35.6. The van der Waals surface area contributed by atoms with Crippen LogP contribution in [0.5, 0.6) is 0 Å². The lowest BCUT2D eigenvalue weighted by Gasteiger charge is -2.22. The third-order valence-corrected chi connectivity index (χ3v) is 4.80. The molecule has 1 atom stereocenters. The number of carbonyl (C=O) groups is 3. The number of sulfone groups is 1. The Hall–Kier alpha value is -2.42. The average molecular weight is 398 g/mol. The summed E-state index contributed by atoms with van der Waals surface area (Å²) in [5.74, 6) is -2.23. The number of carboxylic acid groups (broad SMARTS) is 1. The standard InChI is InChI=1S/C18H26N2O6S/c1-10(2)6-15(21)20-16(11(3)4)17(22)19-13-7-12(18(23)24)8-14(9-13)27(5,25)26/h7-11,16H,6H2,1-5H3,(H,19,22)(H,20,21)(H,23,24). The zero-order valence-corrected chi connectivity index (χ0v) is 16.9. The molecule has 0 aromatic heterocycles. The maximum atomic E-state index is 12.6. The number of hydrogen-bond donors (Lipinski definition) is 3. The van der Waals surface area contributed by atoms with Crippen molar-refractivity contribution in [3.63, 3.8) is 0 Å². The molecule has 0 saturated heterocycles. The molecule has 1 aromatic rings. The van der Waals surface area contributed by atoms with E-state index in [2.05, 4.69) is 10.6 Å². The summed E-state index contributed by atoms with van der Waals surface area (Å²) < 4.78 is 23.5. The summed E-state index contributed by atoms with van der Waals surface area (Å²) >= 11 is 0. The smallest absolute Gasteiger partial charge is 0.335 e. The summed E-state index contributed by atoms with van der Waals surface area (Å²) in [7, 11) is -3.67. The topological polar surface area (TPSA) is 130 Å². The van der Waals surface area contributed by atoms with Crippen LogP contribution in [0.25, 0.3) is 0 Å². The molecular formula is C18H26N2O6S. The molecule has 150 valence electrons. The quantitative estimate of drug-likeness (QED) is 0.613. The molecule has 0 aliphatic carbocycles. The van der Waals surface area contributed by atoms with Gasteiger partial charge in [-0.15, -0.1) is 0 Å². The van der Waals surface area contributed by atoms with E-state index >= 15 is 0 Å². The van der Waals surface area contributed by atoms with Crippen molar-refractivity contribution in [2.24, 2.45) is 11.8 Å². The van der Waals surface area contributed by atoms with Crippen molar-refractivity contribution in [3.05, 3.63) is 23.8 Å². The second-order valence-corrected chi connectivity index (χ2v) is 9.22. The largest absolute Gasteiger partial charge is 0.478 e. The van der Waals surface area contributed by atoms with Crippen LogP contribution in [0.3, 0.4) is 0 Å². The minimum atomic E-state index is -3.67. The van der Waals surface area contributed by atoms with Gasteiger partial charge in [0.2, 0.25) is 11.8 Å². The molecule has 0 bridgehead atoms. The summed E-state index contributed by atoms with van der Waals surface area (Å²) in [6.07, 6.45) is 1.21. The first kappa shape index (κ1) is 22.6. The van der Waals surface area contributed by atoms with Gasteiger partial charge in [-0.3, -0.25) is 9.59 Å². The molecule has 8 nitrogen and oxygen atoms in total. The normalized spacial score (nSPS) is 12.7. The van der Waals surface area contributed by atoms with E-state index in [0.717, 1.165) is 12.3 Å². The van der Waals surface area contributed by atoms with Crippen molar-refractivity contribution in [2.45, 2.75) is 45.1 Å². The molecule has 0 radical (unpaired) electrons.